The monoisotopic (exact) mass is 220 g/mol. The predicted molar refractivity (Wildman–Crippen MR) is 61.8 cm³/mol. The van der Waals surface area contributed by atoms with Crippen LogP contribution in [-0.2, 0) is 4.84 Å². The second-order valence-electron chi connectivity index (χ2n) is 3.99. The number of carbonyl (C=O) groups excluding carboxylic acids is 1. The Morgan fingerprint density at radius 2 is 2.25 bits per heavy atom. The average molecular weight is 220 g/mol. The molecule has 1 aliphatic rings. The van der Waals surface area contributed by atoms with Gasteiger partial charge in [0, 0.05) is 12.2 Å². The molecule has 1 aliphatic heterocycles. The summed E-state index contributed by atoms with van der Waals surface area (Å²) in [6.45, 7) is 3.14. The van der Waals surface area contributed by atoms with Gasteiger partial charge in [-0.05, 0) is 31.4 Å². The molecule has 86 valence electrons. The first-order valence-corrected chi connectivity index (χ1v) is 5.50. The predicted octanol–water partition coefficient (Wildman–Crippen LogP) is 1.74. The van der Waals surface area contributed by atoms with Crippen molar-refractivity contribution in [2.75, 3.05) is 18.9 Å². The van der Waals surface area contributed by atoms with Crippen molar-refractivity contribution in [1.29, 1.82) is 0 Å². The molecule has 4 nitrogen and oxygen atoms in total. The minimum atomic E-state index is -0.129. The standard InChI is InChI=1S/C12H16N2O2/c1-9-5-4-6-10(13)11(9)12(15)14-7-2-3-8-16-14/h4-6H,2-3,7-8,13H2,1H3. The van der Waals surface area contributed by atoms with Crippen molar-refractivity contribution in [3.8, 4) is 0 Å². The summed E-state index contributed by atoms with van der Waals surface area (Å²) in [7, 11) is 0. The highest BCUT2D eigenvalue weighted by Gasteiger charge is 2.22. The van der Waals surface area contributed by atoms with Gasteiger partial charge in [-0.15, -0.1) is 0 Å². The molecule has 0 aliphatic carbocycles. The number of nitrogens with zero attached hydrogens (tertiary/aromatic N) is 1. The fourth-order valence-electron chi connectivity index (χ4n) is 1.86. The molecule has 2 rings (SSSR count). The van der Waals surface area contributed by atoms with Gasteiger partial charge in [0.25, 0.3) is 5.91 Å². The van der Waals surface area contributed by atoms with Crippen molar-refractivity contribution >= 4 is 11.6 Å². The zero-order valence-corrected chi connectivity index (χ0v) is 9.40. The molecule has 1 fully saturated rings. The number of benzene rings is 1. The molecule has 4 heteroatoms. The van der Waals surface area contributed by atoms with E-state index >= 15 is 0 Å². The quantitative estimate of drug-likeness (QED) is 0.733. The number of anilines is 1. The fourth-order valence-corrected chi connectivity index (χ4v) is 1.86. The molecule has 16 heavy (non-hydrogen) atoms. The maximum absolute atomic E-state index is 12.2. The van der Waals surface area contributed by atoms with E-state index < -0.39 is 0 Å². The maximum Gasteiger partial charge on any atom is 0.279 e. The van der Waals surface area contributed by atoms with Crippen LogP contribution in [0, 0.1) is 6.92 Å². The topological polar surface area (TPSA) is 55.6 Å². The van der Waals surface area contributed by atoms with Gasteiger partial charge >= 0.3 is 0 Å². The SMILES string of the molecule is Cc1cccc(N)c1C(=O)N1CCCCO1. The first-order chi connectivity index (χ1) is 7.70. The van der Waals surface area contributed by atoms with Crippen LogP contribution < -0.4 is 5.73 Å². The Kier molecular flexibility index (Phi) is 3.10. The van der Waals surface area contributed by atoms with Gasteiger partial charge in [0.15, 0.2) is 0 Å². The normalized spacial score (nSPS) is 16.2. The van der Waals surface area contributed by atoms with Crippen molar-refractivity contribution in [2.24, 2.45) is 0 Å². The van der Waals surface area contributed by atoms with Crippen molar-refractivity contribution in [3.63, 3.8) is 0 Å². The van der Waals surface area contributed by atoms with E-state index in [1.165, 1.54) is 5.06 Å². The third kappa shape index (κ3) is 2.02. The summed E-state index contributed by atoms with van der Waals surface area (Å²) in [5, 5.41) is 1.42. The Bertz CT molecular complexity index is 378. The molecule has 0 bridgehead atoms. The van der Waals surface area contributed by atoms with Crippen LogP contribution in [-0.4, -0.2) is 24.1 Å². The van der Waals surface area contributed by atoms with E-state index in [1.54, 1.807) is 6.07 Å². The lowest BCUT2D eigenvalue weighted by Gasteiger charge is -2.26. The number of hydroxylamine groups is 2. The lowest BCUT2D eigenvalue weighted by Crippen LogP contribution is -2.36. The Hall–Kier alpha value is -1.55. The largest absolute Gasteiger partial charge is 0.398 e. The van der Waals surface area contributed by atoms with Gasteiger partial charge in [0.2, 0.25) is 0 Å². The van der Waals surface area contributed by atoms with Crippen molar-refractivity contribution < 1.29 is 9.63 Å². The van der Waals surface area contributed by atoms with Gasteiger partial charge in [-0.1, -0.05) is 12.1 Å². The number of nitrogen functional groups attached to an aromatic ring is 1. The van der Waals surface area contributed by atoms with Crippen molar-refractivity contribution in [2.45, 2.75) is 19.8 Å². The summed E-state index contributed by atoms with van der Waals surface area (Å²) in [6.07, 6.45) is 1.99. The Morgan fingerprint density at radius 1 is 1.44 bits per heavy atom. The van der Waals surface area contributed by atoms with Crippen LogP contribution in [0.4, 0.5) is 5.69 Å². The van der Waals surface area contributed by atoms with Crippen LogP contribution in [0.1, 0.15) is 28.8 Å². The van der Waals surface area contributed by atoms with Gasteiger partial charge in [0.1, 0.15) is 0 Å². The maximum atomic E-state index is 12.2. The number of carbonyl (C=O) groups is 1. The van der Waals surface area contributed by atoms with Crippen LogP contribution in [0.15, 0.2) is 18.2 Å². The van der Waals surface area contributed by atoms with Crippen LogP contribution in [0.25, 0.3) is 0 Å². The zero-order valence-electron chi connectivity index (χ0n) is 9.40. The summed E-state index contributed by atoms with van der Waals surface area (Å²) in [5.41, 5.74) is 7.79. The molecule has 0 spiro atoms. The fraction of sp³-hybridized carbons (Fsp3) is 0.417. The Labute approximate surface area is 94.9 Å². The van der Waals surface area contributed by atoms with E-state index in [2.05, 4.69) is 0 Å². The summed E-state index contributed by atoms with van der Waals surface area (Å²) in [6, 6.07) is 5.47. The molecule has 0 saturated carbocycles. The molecule has 0 aromatic heterocycles. The number of hydrogen-bond donors (Lipinski definition) is 1. The number of hydrogen-bond acceptors (Lipinski definition) is 3. The van der Waals surface area contributed by atoms with Crippen LogP contribution in [0.2, 0.25) is 0 Å². The number of amides is 1. The van der Waals surface area contributed by atoms with E-state index in [9.17, 15) is 4.79 Å². The highest BCUT2D eigenvalue weighted by Crippen LogP contribution is 2.20. The van der Waals surface area contributed by atoms with Gasteiger partial charge in [-0.2, -0.15) is 0 Å². The number of aryl methyl sites for hydroxylation is 1. The van der Waals surface area contributed by atoms with Crippen LogP contribution in [0.5, 0.6) is 0 Å². The van der Waals surface area contributed by atoms with Crippen molar-refractivity contribution in [3.05, 3.63) is 29.3 Å². The minimum Gasteiger partial charge on any atom is -0.398 e. The summed E-state index contributed by atoms with van der Waals surface area (Å²) in [5.74, 6) is -0.129. The van der Waals surface area contributed by atoms with E-state index in [1.807, 2.05) is 19.1 Å². The number of nitrogens with two attached hydrogens (primary N) is 1. The van der Waals surface area contributed by atoms with Gasteiger partial charge in [0.05, 0.1) is 12.2 Å². The second kappa shape index (κ2) is 4.53. The molecule has 2 N–H and O–H groups in total. The lowest BCUT2D eigenvalue weighted by atomic mass is 10.1. The molecular weight excluding hydrogens is 204 g/mol. The van der Waals surface area contributed by atoms with E-state index in [0.29, 0.717) is 24.4 Å². The van der Waals surface area contributed by atoms with Crippen LogP contribution in [0.3, 0.4) is 0 Å². The average Bonchev–Trinajstić information content (AvgIpc) is 2.30. The smallest absolute Gasteiger partial charge is 0.279 e. The Morgan fingerprint density at radius 3 is 2.88 bits per heavy atom. The molecule has 0 atom stereocenters. The van der Waals surface area contributed by atoms with E-state index in [0.717, 1.165) is 18.4 Å². The molecule has 1 aromatic carbocycles. The second-order valence-corrected chi connectivity index (χ2v) is 3.99. The van der Waals surface area contributed by atoms with Gasteiger partial charge < -0.3 is 5.73 Å². The van der Waals surface area contributed by atoms with E-state index in [4.69, 9.17) is 10.6 Å². The van der Waals surface area contributed by atoms with E-state index in [-0.39, 0.29) is 5.91 Å². The molecule has 1 heterocycles. The molecule has 0 unspecified atom stereocenters. The molecule has 1 aromatic rings. The summed E-state index contributed by atoms with van der Waals surface area (Å²) in [4.78, 5) is 17.5. The third-order valence-corrected chi connectivity index (χ3v) is 2.75. The molecule has 1 amide bonds. The molecule has 0 radical (unpaired) electrons. The molecule has 1 saturated heterocycles. The number of rotatable bonds is 1. The third-order valence-electron chi connectivity index (χ3n) is 2.75. The van der Waals surface area contributed by atoms with Crippen LogP contribution >= 0.6 is 0 Å². The van der Waals surface area contributed by atoms with Gasteiger partial charge in [-0.3, -0.25) is 9.63 Å². The minimum absolute atomic E-state index is 0.129. The van der Waals surface area contributed by atoms with Crippen molar-refractivity contribution in [1.82, 2.24) is 5.06 Å². The first-order valence-electron chi connectivity index (χ1n) is 5.50. The zero-order chi connectivity index (χ0) is 11.5. The summed E-state index contributed by atoms with van der Waals surface area (Å²) < 4.78 is 0. The first kappa shape index (κ1) is 11.0. The Balaban J connectivity index is 2.26. The highest BCUT2D eigenvalue weighted by molar-refractivity contribution is 6.00. The van der Waals surface area contributed by atoms with Gasteiger partial charge in [-0.25, -0.2) is 5.06 Å². The highest BCUT2D eigenvalue weighted by atomic mass is 16.7. The molecular formula is C12H16N2O2. The lowest BCUT2D eigenvalue weighted by molar-refractivity contribution is -0.144. The summed E-state index contributed by atoms with van der Waals surface area (Å²) >= 11 is 0.